The van der Waals surface area contributed by atoms with Crippen LogP contribution in [0.1, 0.15) is 0 Å². The van der Waals surface area contributed by atoms with E-state index in [1.54, 1.807) is 14.2 Å². The predicted octanol–water partition coefficient (Wildman–Crippen LogP) is 2.66. The molecule has 0 aromatic heterocycles. The van der Waals surface area contributed by atoms with Gasteiger partial charge in [0.2, 0.25) is 0 Å². The maximum atomic E-state index is 5.13. The van der Waals surface area contributed by atoms with Crippen molar-refractivity contribution in [2.24, 2.45) is 0 Å². The fourth-order valence-corrected chi connectivity index (χ4v) is 1.37. The molecule has 71 valence electrons. The van der Waals surface area contributed by atoms with Gasteiger partial charge < -0.3 is 9.47 Å². The third kappa shape index (κ3) is 1.51. The summed E-state index contributed by atoms with van der Waals surface area (Å²) in [6, 6.07) is 12.9. The summed E-state index contributed by atoms with van der Waals surface area (Å²) in [5.74, 6) is 1.58. The van der Waals surface area contributed by atoms with Gasteiger partial charge in [-0.25, -0.2) is 0 Å². The lowest BCUT2D eigenvalue weighted by Gasteiger charge is -2.03. The SMILES string of the molecule is COc1[c]c2cc(OC)ccc2cc1. The van der Waals surface area contributed by atoms with Gasteiger partial charge in [-0.3, -0.25) is 0 Å². The zero-order chi connectivity index (χ0) is 9.97. The number of hydrogen-bond donors (Lipinski definition) is 0. The van der Waals surface area contributed by atoms with E-state index in [0.717, 1.165) is 22.3 Å². The van der Waals surface area contributed by atoms with E-state index in [1.165, 1.54) is 0 Å². The lowest BCUT2D eigenvalue weighted by molar-refractivity contribution is 0.413. The second-order valence-corrected chi connectivity index (χ2v) is 2.98. The van der Waals surface area contributed by atoms with Crippen LogP contribution in [0.25, 0.3) is 10.8 Å². The lowest BCUT2D eigenvalue weighted by atomic mass is 10.1. The van der Waals surface area contributed by atoms with E-state index in [0.29, 0.717) is 0 Å². The van der Waals surface area contributed by atoms with Crippen LogP contribution in [0.15, 0.2) is 30.3 Å². The molecule has 0 fully saturated rings. The van der Waals surface area contributed by atoms with E-state index in [4.69, 9.17) is 9.47 Å². The first-order valence-electron chi connectivity index (χ1n) is 4.37. The quantitative estimate of drug-likeness (QED) is 0.719. The third-order valence-electron chi connectivity index (χ3n) is 2.15. The summed E-state index contributed by atoms with van der Waals surface area (Å²) in [7, 11) is 3.29. The molecule has 14 heavy (non-hydrogen) atoms. The molecule has 1 radical (unpaired) electrons. The third-order valence-corrected chi connectivity index (χ3v) is 2.15. The smallest absolute Gasteiger partial charge is 0.127 e. The van der Waals surface area contributed by atoms with Crippen molar-refractivity contribution in [2.75, 3.05) is 14.2 Å². The Balaban J connectivity index is 2.60. The van der Waals surface area contributed by atoms with Crippen LogP contribution >= 0.6 is 0 Å². The van der Waals surface area contributed by atoms with Crippen LogP contribution in [0.5, 0.6) is 11.5 Å². The number of methoxy groups -OCH3 is 2. The molecule has 0 unspecified atom stereocenters. The van der Waals surface area contributed by atoms with E-state index in [1.807, 2.05) is 30.3 Å². The van der Waals surface area contributed by atoms with Gasteiger partial charge in [-0.15, -0.1) is 0 Å². The van der Waals surface area contributed by atoms with Gasteiger partial charge in [0.15, 0.2) is 0 Å². The monoisotopic (exact) mass is 187 g/mol. The van der Waals surface area contributed by atoms with Crippen molar-refractivity contribution in [1.82, 2.24) is 0 Å². The molecule has 0 spiro atoms. The first kappa shape index (κ1) is 8.88. The maximum absolute atomic E-state index is 5.13. The molecular formula is C12H11O2. The average molecular weight is 187 g/mol. The minimum Gasteiger partial charge on any atom is -0.497 e. The van der Waals surface area contributed by atoms with Crippen molar-refractivity contribution in [2.45, 2.75) is 0 Å². The highest BCUT2D eigenvalue weighted by molar-refractivity contribution is 5.84. The molecular weight excluding hydrogens is 176 g/mol. The molecule has 0 aliphatic heterocycles. The summed E-state index contributed by atoms with van der Waals surface area (Å²) < 4.78 is 10.2. The molecule has 2 rings (SSSR count). The molecule has 0 aliphatic rings. The highest BCUT2D eigenvalue weighted by Crippen LogP contribution is 2.23. The molecule has 0 bridgehead atoms. The van der Waals surface area contributed by atoms with Crippen molar-refractivity contribution in [3.8, 4) is 11.5 Å². The Labute approximate surface area is 83.1 Å². The summed E-state index contributed by atoms with van der Waals surface area (Å²) >= 11 is 0. The van der Waals surface area contributed by atoms with Gasteiger partial charge in [-0.05, 0) is 29.0 Å². The minimum absolute atomic E-state index is 0.741. The Morgan fingerprint density at radius 2 is 1.79 bits per heavy atom. The molecule has 2 aromatic rings. The number of hydrogen-bond acceptors (Lipinski definition) is 2. The average Bonchev–Trinajstić information content (AvgIpc) is 2.27. The van der Waals surface area contributed by atoms with E-state index in [9.17, 15) is 0 Å². The topological polar surface area (TPSA) is 18.5 Å². The molecule has 2 aromatic carbocycles. The van der Waals surface area contributed by atoms with Crippen molar-refractivity contribution in [3.05, 3.63) is 36.4 Å². The minimum atomic E-state index is 0.741. The van der Waals surface area contributed by atoms with E-state index >= 15 is 0 Å². The van der Waals surface area contributed by atoms with Crippen LogP contribution < -0.4 is 9.47 Å². The highest BCUT2D eigenvalue weighted by atomic mass is 16.5. The van der Waals surface area contributed by atoms with Gasteiger partial charge in [0.05, 0.1) is 14.2 Å². The van der Waals surface area contributed by atoms with Crippen LogP contribution in [0.2, 0.25) is 0 Å². The van der Waals surface area contributed by atoms with Gasteiger partial charge in [0.25, 0.3) is 0 Å². The van der Waals surface area contributed by atoms with Crippen molar-refractivity contribution >= 4 is 10.8 Å². The van der Waals surface area contributed by atoms with Crippen LogP contribution in [0.3, 0.4) is 0 Å². The summed E-state index contributed by atoms with van der Waals surface area (Å²) in [4.78, 5) is 0. The maximum Gasteiger partial charge on any atom is 0.127 e. The number of fused-ring (bicyclic) bond motifs is 1. The molecule has 0 atom stereocenters. The predicted molar refractivity (Wildman–Crippen MR) is 55.9 cm³/mol. The van der Waals surface area contributed by atoms with Crippen molar-refractivity contribution in [1.29, 1.82) is 0 Å². The summed E-state index contributed by atoms with van der Waals surface area (Å²) in [5, 5.41) is 2.13. The van der Waals surface area contributed by atoms with Crippen molar-refractivity contribution < 1.29 is 9.47 Å². The zero-order valence-corrected chi connectivity index (χ0v) is 8.20. The largest absolute Gasteiger partial charge is 0.497 e. The Morgan fingerprint density at radius 3 is 2.50 bits per heavy atom. The first-order chi connectivity index (χ1) is 6.83. The number of ether oxygens (including phenoxy) is 2. The van der Waals surface area contributed by atoms with E-state index < -0.39 is 0 Å². The van der Waals surface area contributed by atoms with Gasteiger partial charge >= 0.3 is 0 Å². The number of rotatable bonds is 2. The zero-order valence-electron chi connectivity index (χ0n) is 8.20. The molecule has 0 N–H and O–H groups in total. The Morgan fingerprint density at radius 1 is 1.00 bits per heavy atom. The summed E-state index contributed by atoms with van der Waals surface area (Å²) in [6.07, 6.45) is 0. The Bertz CT molecular complexity index is 410. The van der Waals surface area contributed by atoms with Crippen LogP contribution in [-0.4, -0.2) is 14.2 Å². The van der Waals surface area contributed by atoms with E-state index in [-0.39, 0.29) is 0 Å². The fraction of sp³-hybridized carbons (Fsp3) is 0.167. The fourth-order valence-electron chi connectivity index (χ4n) is 1.37. The molecule has 0 saturated heterocycles. The molecule has 2 nitrogen and oxygen atoms in total. The Hall–Kier alpha value is -1.70. The van der Waals surface area contributed by atoms with Crippen LogP contribution in [0.4, 0.5) is 0 Å². The highest BCUT2D eigenvalue weighted by Gasteiger charge is 1.98. The normalized spacial score (nSPS) is 10.1. The van der Waals surface area contributed by atoms with E-state index in [2.05, 4.69) is 6.07 Å². The summed E-state index contributed by atoms with van der Waals surface area (Å²) in [6.45, 7) is 0. The summed E-state index contributed by atoms with van der Waals surface area (Å²) in [5.41, 5.74) is 0. The van der Waals surface area contributed by atoms with Crippen LogP contribution in [0, 0.1) is 6.07 Å². The van der Waals surface area contributed by atoms with Crippen molar-refractivity contribution in [3.63, 3.8) is 0 Å². The number of benzene rings is 2. The second-order valence-electron chi connectivity index (χ2n) is 2.98. The van der Waals surface area contributed by atoms with Gasteiger partial charge in [-0.2, -0.15) is 0 Å². The van der Waals surface area contributed by atoms with Gasteiger partial charge in [0, 0.05) is 6.07 Å². The first-order valence-corrected chi connectivity index (χ1v) is 4.37. The van der Waals surface area contributed by atoms with Gasteiger partial charge in [-0.1, -0.05) is 12.1 Å². The molecule has 0 amide bonds. The van der Waals surface area contributed by atoms with Gasteiger partial charge in [0.1, 0.15) is 11.5 Å². The van der Waals surface area contributed by atoms with Crippen LogP contribution in [-0.2, 0) is 0 Å². The second kappa shape index (κ2) is 3.58. The standard InChI is InChI=1S/C12H11O2/c1-13-11-5-3-9-4-6-12(14-2)8-10(9)7-11/h3-7H,1-2H3. The molecule has 0 saturated carbocycles. The molecule has 0 heterocycles. The lowest BCUT2D eigenvalue weighted by Crippen LogP contribution is -1.85. The Kier molecular flexibility index (Phi) is 2.27. The molecule has 2 heteroatoms. The molecule has 0 aliphatic carbocycles.